The molecule has 4 aromatic rings. The summed E-state index contributed by atoms with van der Waals surface area (Å²) in [5.74, 6) is 0.0645. The highest BCUT2D eigenvalue weighted by molar-refractivity contribution is 6.08. The van der Waals surface area contributed by atoms with E-state index in [-0.39, 0.29) is 11.9 Å². The fraction of sp³-hybridized carbons (Fsp3) is 0.312. The summed E-state index contributed by atoms with van der Waals surface area (Å²) in [6.45, 7) is 7.40. The zero-order valence-electron chi connectivity index (χ0n) is 25.6. The summed E-state index contributed by atoms with van der Waals surface area (Å²) < 4.78 is 13.1. The van der Waals surface area contributed by atoms with Gasteiger partial charge in [0.05, 0.1) is 36.5 Å². The first-order chi connectivity index (χ1) is 20.7. The number of aryl methyl sites for hydroxylation is 1. The number of rotatable bonds is 13. The lowest BCUT2D eigenvalue weighted by Crippen LogP contribution is -2.29. The van der Waals surface area contributed by atoms with Gasteiger partial charge in [-0.05, 0) is 44.8 Å². The van der Waals surface area contributed by atoms with Crippen LogP contribution in [0.25, 0.3) is 22.2 Å². The molecule has 2 aromatic heterocycles. The molecule has 226 valence electrons. The molecule has 0 aliphatic rings. The van der Waals surface area contributed by atoms with Gasteiger partial charge in [-0.1, -0.05) is 31.7 Å². The molecule has 43 heavy (non-hydrogen) atoms. The molecular weight excluding hydrogens is 546 g/mol. The van der Waals surface area contributed by atoms with Crippen molar-refractivity contribution in [3.8, 4) is 17.0 Å². The second kappa shape index (κ2) is 13.8. The standard InChI is InChI=1S/C32H39N7O4/c1-8-18-43-31(41)30-29(21-12-10-11-13-25(21)39(30)6)22-14-15-33-32(35-22)36-24-19-23(34-28(40)9-2)26(20-27(24)42-7)38(5)17-16-37(3)4/h9-15,19-20H,2,8,16-18H2,1,3-7H3,(H,34,40)(H,33,35,36). The Morgan fingerprint density at radius 1 is 1.09 bits per heavy atom. The van der Waals surface area contributed by atoms with Gasteiger partial charge in [-0.15, -0.1) is 0 Å². The lowest BCUT2D eigenvalue weighted by Gasteiger charge is -2.26. The van der Waals surface area contributed by atoms with E-state index in [1.807, 2.05) is 74.9 Å². The number of carbonyl (C=O) groups is 2. The predicted octanol–water partition coefficient (Wildman–Crippen LogP) is 5.08. The zero-order chi connectivity index (χ0) is 31.1. The summed E-state index contributed by atoms with van der Waals surface area (Å²) >= 11 is 0. The van der Waals surface area contributed by atoms with Crippen LogP contribution in [0.3, 0.4) is 0 Å². The van der Waals surface area contributed by atoms with Crippen molar-refractivity contribution in [1.82, 2.24) is 19.4 Å². The lowest BCUT2D eigenvalue weighted by atomic mass is 10.1. The van der Waals surface area contributed by atoms with E-state index in [9.17, 15) is 9.59 Å². The number of fused-ring (bicyclic) bond motifs is 1. The highest BCUT2D eigenvalue weighted by Gasteiger charge is 2.25. The fourth-order valence-corrected chi connectivity index (χ4v) is 4.74. The molecule has 0 spiro atoms. The molecule has 0 saturated carbocycles. The maximum absolute atomic E-state index is 13.2. The molecule has 0 aliphatic carbocycles. The average molecular weight is 586 g/mol. The SMILES string of the molecule is C=CC(=O)Nc1cc(Nc2nccc(-c3c(C(=O)OCCC)n(C)c4ccccc34)n2)c(OC)cc1N(C)CCN(C)C. The number of carbonyl (C=O) groups excluding carboxylic acids is 2. The van der Waals surface area contributed by atoms with Crippen LogP contribution < -0.4 is 20.3 Å². The topological polar surface area (TPSA) is 114 Å². The number of esters is 1. The van der Waals surface area contributed by atoms with Crippen LogP contribution in [0.2, 0.25) is 0 Å². The van der Waals surface area contributed by atoms with Gasteiger partial charge in [-0.2, -0.15) is 0 Å². The number of amides is 1. The Balaban J connectivity index is 1.77. The van der Waals surface area contributed by atoms with Crippen LogP contribution >= 0.6 is 0 Å². The number of anilines is 4. The molecule has 0 aliphatic heterocycles. The van der Waals surface area contributed by atoms with Crippen LogP contribution in [0, 0.1) is 0 Å². The minimum atomic E-state index is -0.415. The van der Waals surface area contributed by atoms with Crippen LogP contribution in [-0.2, 0) is 16.6 Å². The van der Waals surface area contributed by atoms with E-state index in [0.717, 1.165) is 29.7 Å². The third kappa shape index (κ3) is 6.95. The highest BCUT2D eigenvalue weighted by Crippen LogP contribution is 2.39. The van der Waals surface area contributed by atoms with Gasteiger partial charge in [-0.3, -0.25) is 4.79 Å². The Labute approximate surface area is 252 Å². The number of hydrogen-bond donors (Lipinski definition) is 2. The summed E-state index contributed by atoms with van der Waals surface area (Å²) in [6.07, 6.45) is 3.57. The number of likely N-dealkylation sites (N-methyl/N-ethyl adjacent to an activating group) is 2. The van der Waals surface area contributed by atoms with Crippen LogP contribution in [0.5, 0.6) is 5.75 Å². The van der Waals surface area contributed by atoms with E-state index >= 15 is 0 Å². The number of benzene rings is 2. The highest BCUT2D eigenvalue weighted by atomic mass is 16.5. The first kappa shape index (κ1) is 31.0. The third-order valence-electron chi connectivity index (χ3n) is 6.95. The molecule has 2 N–H and O–H groups in total. The van der Waals surface area contributed by atoms with Gasteiger partial charge in [0, 0.05) is 55.9 Å². The fourth-order valence-electron chi connectivity index (χ4n) is 4.74. The largest absolute Gasteiger partial charge is 0.494 e. The molecule has 0 saturated heterocycles. The molecule has 11 nitrogen and oxygen atoms in total. The summed E-state index contributed by atoms with van der Waals surface area (Å²) in [6, 6.07) is 13.2. The minimum Gasteiger partial charge on any atom is -0.494 e. The quantitative estimate of drug-likeness (QED) is 0.164. The number of aromatic nitrogens is 3. The second-order valence-electron chi connectivity index (χ2n) is 10.3. The summed E-state index contributed by atoms with van der Waals surface area (Å²) in [7, 11) is 9.38. The van der Waals surface area contributed by atoms with Crippen LogP contribution in [0.15, 0.2) is 61.3 Å². The van der Waals surface area contributed by atoms with Crippen molar-refractivity contribution in [2.24, 2.45) is 7.05 Å². The number of methoxy groups -OCH3 is 1. The smallest absolute Gasteiger partial charge is 0.355 e. The van der Waals surface area contributed by atoms with Crippen molar-refractivity contribution in [2.45, 2.75) is 13.3 Å². The first-order valence-corrected chi connectivity index (χ1v) is 14.0. The molecule has 2 heterocycles. The molecule has 11 heteroatoms. The molecule has 2 aromatic carbocycles. The lowest BCUT2D eigenvalue weighted by molar-refractivity contribution is -0.111. The molecule has 0 atom stereocenters. The van der Waals surface area contributed by atoms with E-state index in [2.05, 4.69) is 27.1 Å². The van der Waals surface area contributed by atoms with E-state index in [4.69, 9.17) is 14.5 Å². The van der Waals surface area contributed by atoms with Crippen molar-refractivity contribution in [3.63, 3.8) is 0 Å². The Kier molecular flexibility index (Phi) is 9.99. The van der Waals surface area contributed by atoms with Crippen LogP contribution in [0.1, 0.15) is 23.8 Å². The molecule has 4 rings (SSSR count). The zero-order valence-corrected chi connectivity index (χ0v) is 25.6. The van der Waals surface area contributed by atoms with Crippen LogP contribution in [0.4, 0.5) is 23.0 Å². The van der Waals surface area contributed by atoms with Gasteiger partial charge in [0.1, 0.15) is 11.4 Å². The summed E-state index contributed by atoms with van der Waals surface area (Å²) in [5.41, 5.74) is 4.40. The molecule has 0 unspecified atom stereocenters. The first-order valence-electron chi connectivity index (χ1n) is 14.0. The number of nitrogens with one attached hydrogen (secondary N) is 2. The monoisotopic (exact) mass is 585 g/mol. The van der Waals surface area contributed by atoms with Crippen molar-refractivity contribution in [2.75, 3.05) is 63.5 Å². The molecular formula is C32H39N7O4. The van der Waals surface area contributed by atoms with Gasteiger partial charge >= 0.3 is 5.97 Å². The number of ether oxygens (including phenoxy) is 2. The summed E-state index contributed by atoms with van der Waals surface area (Å²) in [4.78, 5) is 38.9. The Bertz CT molecular complexity index is 1630. The second-order valence-corrected chi connectivity index (χ2v) is 10.3. The molecule has 0 radical (unpaired) electrons. The normalized spacial score (nSPS) is 11.0. The number of nitrogens with zero attached hydrogens (tertiary/aromatic N) is 5. The molecule has 0 fully saturated rings. The molecule has 1 amide bonds. The van der Waals surface area contributed by atoms with Crippen molar-refractivity contribution < 1.29 is 19.1 Å². The minimum absolute atomic E-state index is 0.284. The average Bonchev–Trinajstić information content (AvgIpc) is 3.31. The number of para-hydroxylation sites is 1. The third-order valence-corrected chi connectivity index (χ3v) is 6.95. The Morgan fingerprint density at radius 2 is 1.86 bits per heavy atom. The number of hydrogen-bond acceptors (Lipinski definition) is 9. The van der Waals surface area contributed by atoms with Gasteiger partial charge in [-0.25, -0.2) is 14.8 Å². The van der Waals surface area contributed by atoms with Gasteiger partial charge < -0.3 is 34.5 Å². The van der Waals surface area contributed by atoms with E-state index in [1.165, 1.54) is 6.08 Å². The maximum atomic E-state index is 13.2. The maximum Gasteiger partial charge on any atom is 0.355 e. The van der Waals surface area contributed by atoms with Gasteiger partial charge in [0.2, 0.25) is 11.9 Å². The van der Waals surface area contributed by atoms with E-state index < -0.39 is 5.97 Å². The summed E-state index contributed by atoms with van der Waals surface area (Å²) in [5, 5.41) is 7.02. The Morgan fingerprint density at radius 3 is 2.56 bits per heavy atom. The van der Waals surface area contributed by atoms with Gasteiger partial charge in [0.15, 0.2) is 0 Å². The van der Waals surface area contributed by atoms with E-state index in [1.54, 1.807) is 25.4 Å². The van der Waals surface area contributed by atoms with Gasteiger partial charge in [0.25, 0.3) is 0 Å². The van der Waals surface area contributed by atoms with Crippen molar-refractivity contribution >= 4 is 45.8 Å². The van der Waals surface area contributed by atoms with E-state index in [0.29, 0.717) is 47.1 Å². The van der Waals surface area contributed by atoms with Crippen molar-refractivity contribution in [1.29, 1.82) is 0 Å². The van der Waals surface area contributed by atoms with Crippen molar-refractivity contribution in [3.05, 3.63) is 67.0 Å². The predicted molar refractivity (Wildman–Crippen MR) is 171 cm³/mol. The molecule has 0 bridgehead atoms. The Hall–Kier alpha value is -4.90. The van der Waals surface area contributed by atoms with Crippen LogP contribution in [-0.4, -0.2) is 79.3 Å².